The topological polar surface area (TPSA) is 11.4 Å². The van der Waals surface area contributed by atoms with Crippen molar-refractivity contribution in [3.8, 4) is 0 Å². The molecule has 1 aromatic rings. The van der Waals surface area contributed by atoms with Crippen LogP contribution >= 0.6 is 0 Å². The Morgan fingerprint density at radius 1 is 1.15 bits per heavy atom. The van der Waals surface area contributed by atoms with Gasteiger partial charge in [0.15, 0.2) is 0 Å². The van der Waals surface area contributed by atoms with E-state index in [9.17, 15) is 0 Å². The SMILES string of the molecule is CN(C)B(c1cccn1C)N(C)C. The van der Waals surface area contributed by atoms with E-state index >= 15 is 0 Å². The van der Waals surface area contributed by atoms with Crippen LogP contribution in [-0.4, -0.2) is 49.4 Å². The second kappa shape index (κ2) is 3.98. The molecule has 0 aliphatic rings. The Hall–Kier alpha value is -0.735. The largest absolute Gasteiger partial charge is 0.362 e. The summed E-state index contributed by atoms with van der Waals surface area (Å²) < 4.78 is 2.16. The zero-order valence-corrected chi connectivity index (χ0v) is 9.15. The summed E-state index contributed by atoms with van der Waals surface area (Å²) in [5.74, 6) is 0. The molecule has 0 aromatic carbocycles. The van der Waals surface area contributed by atoms with E-state index in [1.807, 2.05) is 0 Å². The zero-order chi connectivity index (χ0) is 10.0. The Kier molecular flexibility index (Phi) is 3.17. The van der Waals surface area contributed by atoms with Gasteiger partial charge in [0.1, 0.15) is 0 Å². The van der Waals surface area contributed by atoms with Gasteiger partial charge in [-0.15, -0.1) is 0 Å². The van der Waals surface area contributed by atoms with Gasteiger partial charge in [0.25, 0.3) is 0 Å². The van der Waals surface area contributed by atoms with E-state index in [4.69, 9.17) is 0 Å². The first-order valence-corrected chi connectivity index (χ1v) is 4.48. The second-order valence-corrected chi connectivity index (χ2v) is 3.84. The molecule has 0 aliphatic carbocycles. The predicted molar refractivity (Wildman–Crippen MR) is 58.2 cm³/mol. The van der Waals surface area contributed by atoms with Crippen LogP contribution in [0.15, 0.2) is 18.3 Å². The van der Waals surface area contributed by atoms with E-state index < -0.39 is 0 Å². The lowest BCUT2D eigenvalue weighted by Crippen LogP contribution is -2.56. The van der Waals surface area contributed by atoms with Crippen LogP contribution in [0.1, 0.15) is 0 Å². The lowest BCUT2D eigenvalue weighted by molar-refractivity contribution is 0.528. The summed E-state index contributed by atoms with van der Waals surface area (Å²) in [5, 5.41) is 0. The highest BCUT2D eigenvalue weighted by molar-refractivity contribution is 6.67. The van der Waals surface area contributed by atoms with Crippen molar-refractivity contribution in [2.45, 2.75) is 0 Å². The summed E-state index contributed by atoms with van der Waals surface area (Å²) in [6.45, 7) is 0.347. The molecular formula is C9H18BN3. The van der Waals surface area contributed by atoms with Crippen molar-refractivity contribution in [3.63, 3.8) is 0 Å². The summed E-state index contributed by atoms with van der Waals surface area (Å²) in [5.41, 5.74) is 1.31. The number of aromatic nitrogens is 1. The van der Waals surface area contributed by atoms with Gasteiger partial charge in [-0.2, -0.15) is 0 Å². The number of hydrogen-bond donors (Lipinski definition) is 0. The average molecular weight is 179 g/mol. The molecule has 1 heterocycles. The normalized spacial score (nSPS) is 11.3. The summed E-state index contributed by atoms with van der Waals surface area (Å²) in [6, 6.07) is 4.24. The number of aryl methyl sites for hydroxylation is 1. The molecule has 0 bridgehead atoms. The third kappa shape index (κ3) is 2.14. The Labute approximate surface area is 81.1 Å². The van der Waals surface area contributed by atoms with Gasteiger partial charge in [-0.25, -0.2) is 0 Å². The first kappa shape index (κ1) is 10.3. The van der Waals surface area contributed by atoms with E-state index in [0.717, 1.165) is 0 Å². The Morgan fingerprint density at radius 3 is 2.00 bits per heavy atom. The van der Waals surface area contributed by atoms with Crippen LogP contribution in [-0.2, 0) is 7.05 Å². The number of hydrogen-bond acceptors (Lipinski definition) is 2. The van der Waals surface area contributed by atoms with Gasteiger partial charge in [-0.3, -0.25) is 0 Å². The molecule has 0 spiro atoms. The molecule has 0 radical (unpaired) electrons. The van der Waals surface area contributed by atoms with Gasteiger partial charge >= 0.3 is 6.98 Å². The molecule has 0 N–H and O–H groups in total. The lowest BCUT2D eigenvalue weighted by Gasteiger charge is -2.26. The highest BCUT2D eigenvalue weighted by Gasteiger charge is 2.24. The molecule has 0 saturated heterocycles. The Bertz CT molecular complexity index is 260. The maximum atomic E-state index is 2.20. The molecular weight excluding hydrogens is 161 g/mol. The van der Waals surface area contributed by atoms with Crippen LogP contribution in [0.4, 0.5) is 0 Å². The van der Waals surface area contributed by atoms with Crippen molar-refractivity contribution in [3.05, 3.63) is 18.3 Å². The zero-order valence-electron chi connectivity index (χ0n) is 9.15. The van der Waals surface area contributed by atoms with E-state index in [1.54, 1.807) is 0 Å². The third-order valence-corrected chi connectivity index (χ3v) is 2.23. The van der Waals surface area contributed by atoms with Gasteiger partial charge in [-0.1, -0.05) is 0 Å². The maximum absolute atomic E-state index is 2.20. The van der Waals surface area contributed by atoms with Crippen molar-refractivity contribution in [2.24, 2.45) is 7.05 Å². The maximum Gasteiger partial charge on any atom is 0.362 e. The summed E-state index contributed by atoms with van der Waals surface area (Å²) in [7, 11) is 10.5. The Balaban J connectivity index is 2.95. The van der Waals surface area contributed by atoms with Gasteiger partial charge < -0.3 is 14.2 Å². The molecule has 3 nitrogen and oxygen atoms in total. The first-order chi connectivity index (χ1) is 6.04. The van der Waals surface area contributed by atoms with Crippen LogP contribution in [0, 0.1) is 0 Å². The van der Waals surface area contributed by atoms with Crippen LogP contribution in [0.25, 0.3) is 0 Å². The molecule has 1 rings (SSSR count). The predicted octanol–water partition coefficient (Wildman–Crippen LogP) is -0.157. The van der Waals surface area contributed by atoms with Crippen molar-refractivity contribution in [1.82, 2.24) is 14.2 Å². The van der Waals surface area contributed by atoms with Crippen LogP contribution in [0.3, 0.4) is 0 Å². The first-order valence-electron chi connectivity index (χ1n) is 4.48. The molecule has 0 aliphatic heterocycles. The standard InChI is InChI=1S/C9H18BN3/c1-11(2)10(12(3)4)9-7-6-8-13(9)5/h6-8H,1-5H3. The molecule has 0 amide bonds. The fourth-order valence-electron chi connectivity index (χ4n) is 1.73. The quantitative estimate of drug-likeness (QED) is 0.597. The monoisotopic (exact) mass is 179 g/mol. The van der Waals surface area contributed by atoms with Crippen LogP contribution in [0.5, 0.6) is 0 Å². The summed E-state index contributed by atoms with van der Waals surface area (Å²) >= 11 is 0. The highest BCUT2D eigenvalue weighted by atomic mass is 15.2. The number of rotatable bonds is 3. The fourth-order valence-corrected chi connectivity index (χ4v) is 1.73. The Morgan fingerprint density at radius 2 is 1.69 bits per heavy atom. The molecule has 1 aromatic heterocycles. The lowest BCUT2D eigenvalue weighted by atomic mass is 9.69. The summed E-state index contributed by atoms with van der Waals surface area (Å²) in [6.07, 6.45) is 2.08. The highest BCUT2D eigenvalue weighted by Crippen LogP contribution is 1.94. The molecule has 0 saturated carbocycles. The van der Waals surface area contributed by atoms with E-state index in [2.05, 4.69) is 67.8 Å². The van der Waals surface area contributed by atoms with E-state index in [-0.39, 0.29) is 0 Å². The molecule has 0 fully saturated rings. The van der Waals surface area contributed by atoms with Gasteiger partial charge in [-0.05, 0) is 40.3 Å². The average Bonchev–Trinajstić information content (AvgIpc) is 2.35. The van der Waals surface area contributed by atoms with Crippen molar-refractivity contribution < 1.29 is 0 Å². The second-order valence-electron chi connectivity index (χ2n) is 3.84. The van der Waals surface area contributed by atoms with Crippen molar-refractivity contribution >= 4 is 12.6 Å². The van der Waals surface area contributed by atoms with Crippen LogP contribution in [0.2, 0.25) is 0 Å². The van der Waals surface area contributed by atoms with Gasteiger partial charge in [0, 0.05) is 18.8 Å². The number of nitrogens with zero attached hydrogens (tertiary/aromatic N) is 3. The molecule has 13 heavy (non-hydrogen) atoms. The van der Waals surface area contributed by atoms with Crippen LogP contribution < -0.4 is 5.59 Å². The van der Waals surface area contributed by atoms with Crippen molar-refractivity contribution in [1.29, 1.82) is 0 Å². The molecule has 0 atom stereocenters. The van der Waals surface area contributed by atoms with Gasteiger partial charge in [0.2, 0.25) is 0 Å². The molecule has 72 valence electrons. The minimum Gasteiger partial charge on any atom is -0.359 e. The van der Waals surface area contributed by atoms with Crippen molar-refractivity contribution in [2.75, 3.05) is 28.2 Å². The van der Waals surface area contributed by atoms with E-state index in [1.165, 1.54) is 5.59 Å². The molecule has 4 heteroatoms. The smallest absolute Gasteiger partial charge is 0.359 e. The minimum absolute atomic E-state index is 0.347. The fraction of sp³-hybridized carbons (Fsp3) is 0.556. The minimum atomic E-state index is 0.347. The summed E-state index contributed by atoms with van der Waals surface area (Å²) in [4.78, 5) is 4.41. The molecule has 0 unspecified atom stereocenters. The third-order valence-electron chi connectivity index (χ3n) is 2.23. The van der Waals surface area contributed by atoms with E-state index in [0.29, 0.717) is 6.98 Å². The van der Waals surface area contributed by atoms with Gasteiger partial charge in [0.05, 0.1) is 0 Å².